The number of rotatable bonds is 12. The molecule has 0 saturated heterocycles. The first-order valence-corrected chi connectivity index (χ1v) is 14.5. The molecule has 0 fully saturated rings. The first kappa shape index (κ1) is 29.8. The summed E-state index contributed by atoms with van der Waals surface area (Å²) in [5.41, 5.74) is 1.95. The van der Waals surface area contributed by atoms with Crippen LogP contribution in [0.4, 0.5) is 10.1 Å². The first-order valence-electron chi connectivity index (χ1n) is 13.1. The lowest BCUT2D eigenvalue weighted by atomic mass is 10.1. The summed E-state index contributed by atoms with van der Waals surface area (Å²) in [7, 11) is -4.19. The Labute approximate surface area is 230 Å². The fourth-order valence-electron chi connectivity index (χ4n) is 4.22. The minimum atomic E-state index is -4.19. The highest BCUT2D eigenvalue weighted by Crippen LogP contribution is 2.25. The largest absolute Gasteiger partial charge is 0.352 e. The average molecular weight is 554 g/mol. The van der Waals surface area contributed by atoms with Crippen molar-refractivity contribution in [1.82, 2.24) is 10.2 Å². The molecule has 0 radical (unpaired) electrons. The van der Waals surface area contributed by atoms with Gasteiger partial charge in [-0.1, -0.05) is 61.9 Å². The Hall–Kier alpha value is -3.72. The lowest BCUT2D eigenvalue weighted by Crippen LogP contribution is -2.53. The normalized spacial score (nSPS) is 12.8. The summed E-state index contributed by atoms with van der Waals surface area (Å²) < 4.78 is 42.1. The zero-order valence-corrected chi connectivity index (χ0v) is 23.6. The number of halogens is 1. The molecule has 0 aliphatic rings. The first-order chi connectivity index (χ1) is 18.6. The third-order valence-electron chi connectivity index (χ3n) is 6.55. The fourth-order valence-corrected chi connectivity index (χ4v) is 5.66. The minimum absolute atomic E-state index is 0.00563. The summed E-state index contributed by atoms with van der Waals surface area (Å²) in [5, 5.41) is 2.95. The van der Waals surface area contributed by atoms with Gasteiger partial charge in [-0.05, 0) is 68.7 Å². The molecule has 9 heteroatoms. The number of aryl methyl sites for hydroxylation is 1. The second kappa shape index (κ2) is 13.4. The molecule has 2 atom stereocenters. The molecule has 0 saturated carbocycles. The number of amides is 2. The SMILES string of the molecule is CC[C@H](C)NC(=O)[C@H](CC)N(Cc1cccc(C)c1)C(=O)CN(c1ccc(F)cc1)S(=O)(=O)c1ccccc1. The maximum atomic E-state index is 14.0. The third kappa shape index (κ3) is 7.66. The monoisotopic (exact) mass is 553 g/mol. The molecule has 0 aliphatic heterocycles. The zero-order chi connectivity index (χ0) is 28.6. The van der Waals surface area contributed by atoms with Crippen molar-refractivity contribution >= 4 is 27.5 Å². The van der Waals surface area contributed by atoms with E-state index in [2.05, 4.69) is 5.32 Å². The van der Waals surface area contributed by atoms with E-state index in [9.17, 15) is 22.4 Å². The predicted octanol–water partition coefficient (Wildman–Crippen LogP) is 5.05. The molecule has 0 aromatic heterocycles. The molecule has 208 valence electrons. The third-order valence-corrected chi connectivity index (χ3v) is 8.34. The van der Waals surface area contributed by atoms with E-state index >= 15 is 0 Å². The van der Waals surface area contributed by atoms with Crippen molar-refractivity contribution in [1.29, 1.82) is 0 Å². The van der Waals surface area contributed by atoms with Crippen molar-refractivity contribution < 1.29 is 22.4 Å². The maximum absolute atomic E-state index is 14.0. The Kier molecular flexibility index (Phi) is 10.2. The smallest absolute Gasteiger partial charge is 0.264 e. The summed E-state index contributed by atoms with van der Waals surface area (Å²) in [5.74, 6) is -1.38. The number of nitrogens with one attached hydrogen (secondary N) is 1. The highest BCUT2D eigenvalue weighted by Gasteiger charge is 2.34. The topological polar surface area (TPSA) is 86.8 Å². The van der Waals surface area contributed by atoms with Gasteiger partial charge in [0, 0.05) is 12.6 Å². The molecule has 2 amide bonds. The highest BCUT2D eigenvalue weighted by atomic mass is 32.2. The quantitative estimate of drug-likeness (QED) is 0.340. The van der Waals surface area contributed by atoms with E-state index in [1.807, 2.05) is 52.0 Å². The van der Waals surface area contributed by atoms with Crippen LogP contribution in [0.3, 0.4) is 0 Å². The molecular formula is C30H36FN3O4S. The van der Waals surface area contributed by atoms with E-state index in [1.54, 1.807) is 18.2 Å². The number of hydrogen-bond donors (Lipinski definition) is 1. The van der Waals surface area contributed by atoms with Gasteiger partial charge in [-0.2, -0.15) is 0 Å². The second-order valence-electron chi connectivity index (χ2n) is 9.55. The molecule has 0 aliphatic carbocycles. The Morgan fingerprint density at radius 3 is 2.18 bits per heavy atom. The van der Waals surface area contributed by atoms with Crippen LogP contribution in [-0.4, -0.2) is 43.8 Å². The Morgan fingerprint density at radius 2 is 1.59 bits per heavy atom. The summed E-state index contributed by atoms with van der Waals surface area (Å²) in [6.07, 6.45) is 1.06. The molecule has 3 aromatic carbocycles. The molecular weight excluding hydrogens is 517 g/mol. The van der Waals surface area contributed by atoms with Gasteiger partial charge in [-0.3, -0.25) is 13.9 Å². The van der Waals surface area contributed by atoms with E-state index < -0.39 is 34.3 Å². The number of hydrogen-bond acceptors (Lipinski definition) is 4. The standard InChI is InChI=1S/C30H36FN3O4S/c1-5-23(4)32-30(36)28(6-2)33(20-24-12-10-11-22(3)19-24)29(35)21-34(26-17-15-25(31)16-18-26)39(37,38)27-13-8-7-9-14-27/h7-19,23,28H,5-6,20-21H2,1-4H3,(H,32,36)/t23-,28-/m0/s1. The highest BCUT2D eigenvalue weighted by molar-refractivity contribution is 7.92. The van der Waals surface area contributed by atoms with Gasteiger partial charge in [-0.15, -0.1) is 0 Å². The van der Waals surface area contributed by atoms with Crippen LogP contribution in [0.15, 0.2) is 83.8 Å². The van der Waals surface area contributed by atoms with Gasteiger partial charge in [-0.25, -0.2) is 12.8 Å². The van der Waals surface area contributed by atoms with Crippen molar-refractivity contribution in [3.8, 4) is 0 Å². The van der Waals surface area contributed by atoms with Gasteiger partial charge >= 0.3 is 0 Å². The van der Waals surface area contributed by atoms with E-state index in [0.29, 0.717) is 6.42 Å². The van der Waals surface area contributed by atoms with Crippen molar-refractivity contribution in [2.24, 2.45) is 0 Å². The molecule has 0 spiro atoms. The Morgan fingerprint density at radius 1 is 0.923 bits per heavy atom. The van der Waals surface area contributed by atoms with Crippen molar-refractivity contribution in [3.63, 3.8) is 0 Å². The van der Waals surface area contributed by atoms with Crippen LogP contribution in [0.25, 0.3) is 0 Å². The molecule has 7 nitrogen and oxygen atoms in total. The maximum Gasteiger partial charge on any atom is 0.264 e. The molecule has 3 aromatic rings. The Balaban J connectivity index is 2.04. The lowest BCUT2D eigenvalue weighted by molar-refractivity contribution is -0.140. The van der Waals surface area contributed by atoms with Crippen LogP contribution in [0.2, 0.25) is 0 Å². The van der Waals surface area contributed by atoms with E-state index in [-0.39, 0.29) is 29.1 Å². The van der Waals surface area contributed by atoms with Gasteiger partial charge in [0.2, 0.25) is 11.8 Å². The van der Waals surface area contributed by atoms with Crippen molar-refractivity contribution in [2.45, 2.75) is 64.1 Å². The van der Waals surface area contributed by atoms with Crippen LogP contribution in [-0.2, 0) is 26.2 Å². The van der Waals surface area contributed by atoms with E-state index in [0.717, 1.165) is 34.0 Å². The van der Waals surface area contributed by atoms with Gasteiger partial charge in [0.15, 0.2) is 0 Å². The second-order valence-corrected chi connectivity index (χ2v) is 11.4. The number of sulfonamides is 1. The molecule has 39 heavy (non-hydrogen) atoms. The number of carbonyl (C=O) groups excluding carboxylic acids is 2. The number of carbonyl (C=O) groups is 2. The van der Waals surface area contributed by atoms with Gasteiger partial charge in [0.25, 0.3) is 10.0 Å². The van der Waals surface area contributed by atoms with Crippen LogP contribution in [0.5, 0.6) is 0 Å². The average Bonchev–Trinajstić information content (AvgIpc) is 2.92. The number of benzene rings is 3. The summed E-state index contributed by atoms with van der Waals surface area (Å²) in [6, 6.07) is 19.4. The van der Waals surface area contributed by atoms with Gasteiger partial charge < -0.3 is 10.2 Å². The van der Waals surface area contributed by atoms with E-state index in [4.69, 9.17) is 0 Å². The minimum Gasteiger partial charge on any atom is -0.352 e. The predicted molar refractivity (Wildman–Crippen MR) is 151 cm³/mol. The van der Waals surface area contributed by atoms with Crippen molar-refractivity contribution in [3.05, 3.63) is 95.8 Å². The Bertz CT molecular complexity index is 1360. The lowest BCUT2D eigenvalue weighted by Gasteiger charge is -2.33. The van der Waals surface area contributed by atoms with Crippen LogP contribution < -0.4 is 9.62 Å². The van der Waals surface area contributed by atoms with Gasteiger partial charge in [0.1, 0.15) is 18.4 Å². The van der Waals surface area contributed by atoms with Crippen LogP contribution in [0, 0.1) is 12.7 Å². The molecule has 0 unspecified atom stereocenters. The van der Waals surface area contributed by atoms with Crippen LogP contribution in [0.1, 0.15) is 44.7 Å². The number of nitrogens with zero attached hydrogens (tertiary/aromatic N) is 2. The van der Waals surface area contributed by atoms with Crippen molar-refractivity contribution in [2.75, 3.05) is 10.8 Å². The zero-order valence-electron chi connectivity index (χ0n) is 22.8. The summed E-state index contributed by atoms with van der Waals surface area (Å²) >= 11 is 0. The van der Waals surface area contributed by atoms with E-state index in [1.165, 1.54) is 29.2 Å². The molecule has 3 rings (SSSR count). The van der Waals surface area contributed by atoms with Gasteiger partial charge in [0.05, 0.1) is 10.6 Å². The fraction of sp³-hybridized carbons (Fsp3) is 0.333. The number of anilines is 1. The molecule has 1 N–H and O–H groups in total. The molecule has 0 bridgehead atoms. The molecule has 0 heterocycles. The summed E-state index contributed by atoms with van der Waals surface area (Å²) in [6.45, 7) is 7.15. The van der Waals surface area contributed by atoms with Crippen LogP contribution >= 0.6 is 0 Å². The summed E-state index contributed by atoms with van der Waals surface area (Å²) in [4.78, 5) is 28.7.